The average molecular weight is 562 g/mol. The third kappa shape index (κ3) is 8.30. The number of carbonyl (C=O) groups is 3. The fourth-order valence-electron chi connectivity index (χ4n) is 4.66. The third-order valence-electron chi connectivity index (χ3n) is 7.20. The van der Waals surface area contributed by atoms with Crippen LogP contribution in [-0.2, 0) is 14.3 Å². The Hall–Kier alpha value is -3.91. The number of hydrogen-bond donors (Lipinski definition) is 3. The molecule has 0 aliphatic carbocycles. The summed E-state index contributed by atoms with van der Waals surface area (Å²) < 4.78 is 5.44. The zero-order valence-electron chi connectivity index (χ0n) is 25.2. The highest BCUT2D eigenvalue weighted by Gasteiger charge is 2.38. The molecule has 0 aliphatic heterocycles. The van der Waals surface area contributed by atoms with E-state index in [0.717, 1.165) is 21.9 Å². The Balaban J connectivity index is 2.04. The number of rotatable bonds is 10. The maximum Gasteiger partial charge on any atom is 0.408 e. The minimum atomic E-state index is -1.06. The van der Waals surface area contributed by atoms with Gasteiger partial charge in [-0.2, -0.15) is 0 Å². The van der Waals surface area contributed by atoms with Gasteiger partial charge in [-0.3, -0.25) is 9.59 Å². The van der Waals surface area contributed by atoms with Crippen LogP contribution in [0.5, 0.6) is 0 Å². The van der Waals surface area contributed by atoms with Crippen molar-refractivity contribution < 1.29 is 24.2 Å². The number of fused-ring (bicyclic) bond motifs is 1. The molecule has 220 valence electrons. The molecule has 3 rings (SSSR count). The van der Waals surface area contributed by atoms with Crippen molar-refractivity contribution in [2.24, 2.45) is 5.92 Å². The van der Waals surface area contributed by atoms with E-state index < -0.39 is 35.6 Å². The van der Waals surface area contributed by atoms with Gasteiger partial charge in [0.15, 0.2) is 0 Å². The molecule has 3 N–H and O–H groups in total. The van der Waals surface area contributed by atoms with E-state index in [9.17, 15) is 19.5 Å². The summed E-state index contributed by atoms with van der Waals surface area (Å²) in [5.74, 6) is -1.16. The number of anilines is 1. The Labute approximate surface area is 243 Å². The first-order chi connectivity index (χ1) is 19.3. The van der Waals surface area contributed by atoms with Crippen LogP contribution in [0, 0.1) is 19.8 Å². The monoisotopic (exact) mass is 561 g/mol. The highest BCUT2D eigenvalue weighted by Crippen LogP contribution is 2.28. The quantitative estimate of drug-likeness (QED) is 0.286. The fraction of sp³-hybridized carbons (Fsp3) is 0.424. The predicted molar refractivity (Wildman–Crippen MR) is 163 cm³/mol. The van der Waals surface area contributed by atoms with Crippen molar-refractivity contribution in [3.8, 4) is 0 Å². The molecule has 0 fully saturated rings. The van der Waals surface area contributed by atoms with Crippen LogP contribution in [0.2, 0.25) is 0 Å². The molecule has 8 nitrogen and oxygen atoms in total. The summed E-state index contributed by atoms with van der Waals surface area (Å²) in [5, 5.41) is 17.8. The van der Waals surface area contributed by atoms with Crippen LogP contribution in [0.25, 0.3) is 10.8 Å². The molecular formula is C33H43N3O5. The Morgan fingerprint density at radius 1 is 0.951 bits per heavy atom. The van der Waals surface area contributed by atoms with Gasteiger partial charge in [0.2, 0.25) is 5.91 Å². The zero-order chi connectivity index (χ0) is 30.3. The first-order valence-electron chi connectivity index (χ1n) is 14.1. The van der Waals surface area contributed by atoms with Crippen molar-refractivity contribution in [3.05, 3.63) is 77.4 Å². The minimum absolute atomic E-state index is 0.107. The Morgan fingerprint density at radius 2 is 1.63 bits per heavy atom. The molecule has 0 bridgehead atoms. The summed E-state index contributed by atoms with van der Waals surface area (Å²) in [5.41, 5.74) is 2.46. The summed E-state index contributed by atoms with van der Waals surface area (Å²) in [6, 6.07) is 17.1. The number of amides is 3. The van der Waals surface area contributed by atoms with Crippen LogP contribution < -0.4 is 10.6 Å². The number of benzene rings is 3. The summed E-state index contributed by atoms with van der Waals surface area (Å²) in [4.78, 5) is 42.3. The molecule has 3 amide bonds. The van der Waals surface area contributed by atoms with Crippen LogP contribution in [0.4, 0.5) is 10.5 Å². The van der Waals surface area contributed by atoms with Gasteiger partial charge in [0.25, 0.3) is 5.91 Å². The Kier molecular flexibility index (Phi) is 10.5. The SMILES string of the molecule is CCC(C)C(NC(=O)OC(C)(C)C)C(=O)N(CCO)C(C(=O)Nc1ccc2ccccc2c1)c1ccc(C)c(C)c1. The number of nitrogens with zero attached hydrogens (tertiary/aromatic N) is 1. The van der Waals surface area contributed by atoms with Crippen molar-refractivity contribution in [3.63, 3.8) is 0 Å². The van der Waals surface area contributed by atoms with E-state index in [2.05, 4.69) is 10.6 Å². The second kappa shape index (κ2) is 13.6. The third-order valence-corrected chi connectivity index (χ3v) is 7.20. The van der Waals surface area contributed by atoms with Crippen molar-refractivity contribution in [1.82, 2.24) is 10.2 Å². The zero-order valence-corrected chi connectivity index (χ0v) is 25.2. The second-order valence-electron chi connectivity index (χ2n) is 11.6. The van der Waals surface area contributed by atoms with Gasteiger partial charge in [-0.1, -0.05) is 68.8 Å². The molecule has 0 spiro atoms. The number of ether oxygens (including phenoxy) is 1. The summed E-state index contributed by atoms with van der Waals surface area (Å²) in [6.45, 7) is 12.5. The lowest BCUT2D eigenvalue weighted by Crippen LogP contribution is -2.55. The van der Waals surface area contributed by atoms with Crippen LogP contribution in [0.3, 0.4) is 0 Å². The second-order valence-corrected chi connectivity index (χ2v) is 11.6. The van der Waals surface area contributed by atoms with Gasteiger partial charge in [0.05, 0.1) is 6.61 Å². The van der Waals surface area contributed by atoms with E-state index in [1.807, 2.05) is 88.4 Å². The van der Waals surface area contributed by atoms with Gasteiger partial charge in [0.1, 0.15) is 17.7 Å². The predicted octanol–water partition coefficient (Wildman–Crippen LogP) is 5.90. The van der Waals surface area contributed by atoms with Gasteiger partial charge in [-0.15, -0.1) is 0 Å². The van der Waals surface area contributed by atoms with Gasteiger partial charge in [-0.05, 0) is 80.1 Å². The molecule has 3 atom stereocenters. The highest BCUT2D eigenvalue weighted by atomic mass is 16.6. The fourth-order valence-corrected chi connectivity index (χ4v) is 4.66. The highest BCUT2D eigenvalue weighted by molar-refractivity contribution is 6.00. The van der Waals surface area contributed by atoms with Crippen molar-refractivity contribution in [2.45, 2.75) is 72.6 Å². The molecule has 41 heavy (non-hydrogen) atoms. The molecule has 0 saturated heterocycles. The van der Waals surface area contributed by atoms with Crippen molar-refractivity contribution >= 4 is 34.4 Å². The topological polar surface area (TPSA) is 108 Å². The van der Waals surface area contributed by atoms with E-state index in [-0.39, 0.29) is 19.1 Å². The van der Waals surface area contributed by atoms with Gasteiger partial charge in [0, 0.05) is 12.2 Å². The lowest BCUT2D eigenvalue weighted by molar-refractivity contribution is -0.142. The molecule has 0 aliphatic rings. The number of carbonyl (C=O) groups excluding carboxylic acids is 3. The molecule has 3 unspecified atom stereocenters. The molecule has 0 saturated carbocycles. The number of hydrogen-bond acceptors (Lipinski definition) is 5. The van der Waals surface area contributed by atoms with E-state index in [1.165, 1.54) is 4.90 Å². The van der Waals surface area contributed by atoms with E-state index >= 15 is 0 Å². The smallest absolute Gasteiger partial charge is 0.408 e. The number of aliphatic hydroxyl groups excluding tert-OH is 1. The van der Waals surface area contributed by atoms with E-state index in [1.54, 1.807) is 20.8 Å². The van der Waals surface area contributed by atoms with Gasteiger partial charge < -0.3 is 25.4 Å². The van der Waals surface area contributed by atoms with Crippen LogP contribution >= 0.6 is 0 Å². The summed E-state index contributed by atoms with van der Waals surface area (Å²) in [6.07, 6.45) is -0.125. The maximum atomic E-state index is 14.2. The largest absolute Gasteiger partial charge is 0.444 e. The average Bonchev–Trinajstić information content (AvgIpc) is 2.91. The van der Waals surface area contributed by atoms with Crippen molar-refractivity contribution in [2.75, 3.05) is 18.5 Å². The maximum absolute atomic E-state index is 14.2. The first-order valence-corrected chi connectivity index (χ1v) is 14.1. The molecule has 3 aromatic rings. The van der Waals surface area contributed by atoms with Crippen LogP contribution in [0.15, 0.2) is 60.7 Å². The van der Waals surface area contributed by atoms with Crippen molar-refractivity contribution in [1.29, 1.82) is 0 Å². The van der Waals surface area contributed by atoms with Crippen LogP contribution in [-0.4, -0.2) is 52.7 Å². The number of aliphatic hydroxyl groups is 1. The summed E-state index contributed by atoms with van der Waals surface area (Å²) in [7, 11) is 0. The van der Waals surface area contributed by atoms with Gasteiger partial charge in [-0.25, -0.2) is 4.79 Å². The molecular weight excluding hydrogens is 518 g/mol. The lowest BCUT2D eigenvalue weighted by Gasteiger charge is -2.36. The minimum Gasteiger partial charge on any atom is -0.444 e. The van der Waals surface area contributed by atoms with E-state index in [4.69, 9.17) is 4.74 Å². The van der Waals surface area contributed by atoms with E-state index in [0.29, 0.717) is 17.7 Å². The normalized spacial score (nSPS) is 13.7. The standard InChI is InChI=1S/C33H43N3O5/c1-8-21(2)28(35-32(40)41-33(5,6)7)31(39)36(17-18-37)29(26-14-13-22(3)23(4)19-26)30(38)34-27-16-15-24-11-9-10-12-25(24)20-27/h9-16,19-21,28-29,37H,8,17-18H2,1-7H3,(H,34,38)(H,35,40). The van der Waals surface area contributed by atoms with Crippen LogP contribution in [0.1, 0.15) is 63.8 Å². The Bertz CT molecular complexity index is 1380. The number of nitrogens with one attached hydrogen (secondary N) is 2. The first kappa shape index (κ1) is 31.6. The number of aryl methyl sites for hydroxylation is 2. The molecule has 0 heterocycles. The molecule has 3 aromatic carbocycles. The summed E-state index contributed by atoms with van der Waals surface area (Å²) >= 11 is 0. The molecule has 8 heteroatoms. The van der Waals surface area contributed by atoms with Gasteiger partial charge >= 0.3 is 6.09 Å². The number of alkyl carbamates (subject to hydrolysis) is 1. The Morgan fingerprint density at radius 3 is 2.24 bits per heavy atom. The molecule has 0 radical (unpaired) electrons. The lowest BCUT2D eigenvalue weighted by atomic mass is 9.94. The molecule has 0 aromatic heterocycles.